The van der Waals surface area contributed by atoms with Gasteiger partial charge >= 0.3 is 0 Å². The predicted octanol–water partition coefficient (Wildman–Crippen LogP) is 3.48. The van der Waals surface area contributed by atoms with Crippen molar-refractivity contribution in [1.82, 2.24) is 9.80 Å². The first kappa shape index (κ1) is 24.3. The van der Waals surface area contributed by atoms with Crippen LogP contribution in [0.2, 0.25) is 0 Å². The third-order valence-electron chi connectivity index (χ3n) is 5.04. The summed E-state index contributed by atoms with van der Waals surface area (Å²) in [5, 5.41) is -0.751. The van der Waals surface area contributed by atoms with Crippen LogP contribution in [-0.2, 0) is 19.2 Å². The molecular formula is C21H34N2O4S2. The topological polar surface area (TPSA) is 74.8 Å². The first-order chi connectivity index (χ1) is 13.3. The van der Waals surface area contributed by atoms with E-state index in [2.05, 4.69) is 20.8 Å². The molecule has 6 nitrogen and oxygen atoms in total. The Morgan fingerprint density at radius 2 is 1.28 bits per heavy atom. The van der Waals surface area contributed by atoms with Crippen LogP contribution in [0.15, 0.2) is 0 Å². The SMILES string of the molecule is CCCCC(C)(C)SC1CC(=O)N(CCN2C(=O)CC(SC(C)(C)C)C2=O)C1=O. The lowest BCUT2D eigenvalue weighted by Gasteiger charge is -2.26. The molecule has 2 aliphatic heterocycles. The van der Waals surface area contributed by atoms with Gasteiger partial charge in [-0.05, 0) is 6.42 Å². The van der Waals surface area contributed by atoms with E-state index in [-0.39, 0.29) is 69.6 Å². The molecule has 0 aromatic heterocycles. The number of hydrogen-bond donors (Lipinski definition) is 0. The summed E-state index contributed by atoms with van der Waals surface area (Å²) in [6.45, 7) is 12.6. The van der Waals surface area contributed by atoms with Gasteiger partial charge in [-0.15, -0.1) is 23.5 Å². The minimum atomic E-state index is -0.379. The zero-order valence-corrected chi connectivity index (χ0v) is 20.1. The average Bonchev–Trinajstić information content (AvgIpc) is 2.98. The molecule has 2 heterocycles. The van der Waals surface area contributed by atoms with Crippen molar-refractivity contribution in [3.63, 3.8) is 0 Å². The molecular weight excluding hydrogens is 408 g/mol. The molecule has 8 heteroatoms. The van der Waals surface area contributed by atoms with Gasteiger partial charge in [0.1, 0.15) is 0 Å². The second kappa shape index (κ2) is 9.41. The first-order valence-electron chi connectivity index (χ1n) is 10.4. The second-order valence-electron chi connectivity index (χ2n) is 9.36. The highest BCUT2D eigenvalue weighted by Gasteiger charge is 2.44. The van der Waals surface area contributed by atoms with E-state index in [0.717, 1.165) is 19.3 Å². The van der Waals surface area contributed by atoms with Gasteiger partial charge in [0.2, 0.25) is 23.6 Å². The summed E-state index contributed by atoms with van der Waals surface area (Å²) >= 11 is 3.06. The van der Waals surface area contributed by atoms with Crippen LogP contribution in [-0.4, -0.2) is 66.5 Å². The zero-order chi connectivity index (χ0) is 22.0. The maximum absolute atomic E-state index is 12.8. The van der Waals surface area contributed by atoms with Crippen LogP contribution in [0, 0.1) is 0 Å². The molecule has 4 amide bonds. The van der Waals surface area contributed by atoms with Gasteiger partial charge in [0.05, 0.1) is 10.5 Å². The molecule has 0 aromatic rings. The molecule has 0 spiro atoms. The molecule has 2 atom stereocenters. The average molecular weight is 443 g/mol. The fourth-order valence-electron chi connectivity index (χ4n) is 3.63. The highest BCUT2D eigenvalue weighted by molar-refractivity contribution is 8.02. The lowest BCUT2D eigenvalue weighted by molar-refractivity contribution is -0.143. The van der Waals surface area contributed by atoms with Gasteiger partial charge in [-0.1, -0.05) is 54.4 Å². The summed E-state index contributed by atoms with van der Waals surface area (Å²) in [4.78, 5) is 52.6. The fourth-order valence-corrected chi connectivity index (χ4v) is 6.43. The molecule has 0 N–H and O–H groups in total. The Hall–Kier alpha value is -1.02. The summed E-state index contributed by atoms with van der Waals surface area (Å²) < 4.78 is -0.183. The lowest BCUT2D eigenvalue weighted by Crippen LogP contribution is -2.42. The largest absolute Gasteiger partial charge is 0.280 e. The molecule has 0 radical (unpaired) electrons. The zero-order valence-electron chi connectivity index (χ0n) is 18.4. The maximum atomic E-state index is 12.8. The highest BCUT2D eigenvalue weighted by Crippen LogP contribution is 2.38. The maximum Gasteiger partial charge on any atom is 0.242 e. The summed E-state index contributed by atoms with van der Waals surface area (Å²) in [5.74, 6) is -0.828. The van der Waals surface area contributed by atoms with Crippen molar-refractivity contribution in [2.45, 2.75) is 93.6 Å². The molecule has 0 aromatic carbocycles. The smallest absolute Gasteiger partial charge is 0.242 e. The molecule has 0 bridgehead atoms. The van der Waals surface area contributed by atoms with Gasteiger partial charge in [0.25, 0.3) is 0 Å². The van der Waals surface area contributed by atoms with Crippen LogP contribution < -0.4 is 0 Å². The van der Waals surface area contributed by atoms with Crippen LogP contribution >= 0.6 is 23.5 Å². The van der Waals surface area contributed by atoms with Gasteiger partial charge in [0, 0.05) is 35.4 Å². The number of imide groups is 2. The number of thioether (sulfide) groups is 2. The van der Waals surface area contributed by atoms with E-state index >= 15 is 0 Å². The summed E-state index contributed by atoms with van der Waals surface area (Å²) in [5.41, 5.74) is 0. The number of carbonyl (C=O) groups is 4. The molecule has 164 valence electrons. The van der Waals surface area contributed by atoms with Crippen molar-refractivity contribution >= 4 is 47.2 Å². The van der Waals surface area contributed by atoms with Gasteiger partial charge in [-0.3, -0.25) is 29.0 Å². The fraction of sp³-hybridized carbons (Fsp3) is 0.810. The number of likely N-dealkylation sites (tertiary alicyclic amines) is 2. The predicted molar refractivity (Wildman–Crippen MR) is 119 cm³/mol. The van der Waals surface area contributed by atoms with Crippen molar-refractivity contribution in [2.24, 2.45) is 0 Å². The van der Waals surface area contributed by atoms with Crippen molar-refractivity contribution in [3.05, 3.63) is 0 Å². The number of carbonyl (C=O) groups excluding carboxylic acids is 4. The number of rotatable bonds is 9. The Labute approximate surface area is 182 Å². The van der Waals surface area contributed by atoms with Crippen molar-refractivity contribution < 1.29 is 19.2 Å². The minimum Gasteiger partial charge on any atom is -0.280 e. The quantitative estimate of drug-likeness (QED) is 0.509. The highest BCUT2D eigenvalue weighted by atomic mass is 32.2. The Kier molecular flexibility index (Phi) is 7.87. The van der Waals surface area contributed by atoms with Crippen molar-refractivity contribution in [3.8, 4) is 0 Å². The number of unbranched alkanes of at least 4 members (excludes halogenated alkanes) is 1. The normalized spacial score (nSPS) is 23.7. The van der Waals surface area contributed by atoms with Crippen LogP contribution in [0.1, 0.15) is 73.6 Å². The van der Waals surface area contributed by atoms with E-state index in [9.17, 15) is 19.2 Å². The second-order valence-corrected chi connectivity index (χ2v) is 13.3. The van der Waals surface area contributed by atoms with Crippen molar-refractivity contribution in [2.75, 3.05) is 13.1 Å². The van der Waals surface area contributed by atoms with Gasteiger partial charge in [-0.25, -0.2) is 0 Å². The molecule has 0 aliphatic carbocycles. The first-order valence-corrected chi connectivity index (χ1v) is 12.1. The summed E-state index contributed by atoms with van der Waals surface area (Å²) in [7, 11) is 0. The molecule has 0 saturated carbocycles. The Morgan fingerprint density at radius 1 is 0.828 bits per heavy atom. The van der Waals surface area contributed by atoms with E-state index in [0.29, 0.717) is 0 Å². The monoisotopic (exact) mass is 442 g/mol. The number of nitrogens with zero attached hydrogens (tertiary/aromatic N) is 2. The Balaban J connectivity index is 1.94. The lowest BCUT2D eigenvalue weighted by atomic mass is 10.1. The summed E-state index contributed by atoms with van der Waals surface area (Å²) in [6.07, 6.45) is 3.57. The van der Waals surface area contributed by atoms with Crippen LogP contribution in [0.4, 0.5) is 0 Å². The third kappa shape index (κ3) is 6.48. The van der Waals surface area contributed by atoms with Gasteiger partial charge in [0.15, 0.2) is 0 Å². The van der Waals surface area contributed by atoms with E-state index < -0.39 is 0 Å². The molecule has 2 unspecified atom stereocenters. The number of amides is 4. The van der Waals surface area contributed by atoms with Crippen LogP contribution in [0.3, 0.4) is 0 Å². The Morgan fingerprint density at radius 3 is 1.69 bits per heavy atom. The Bertz CT molecular complexity index is 672. The van der Waals surface area contributed by atoms with Crippen LogP contribution in [0.25, 0.3) is 0 Å². The molecule has 2 aliphatic rings. The minimum absolute atomic E-state index is 0.0646. The number of hydrogen-bond acceptors (Lipinski definition) is 6. The van der Waals surface area contributed by atoms with Gasteiger partial charge in [-0.2, -0.15) is 0 Å². The summed E-state index contributed by atoms with van der Waals surface area (Å²) in [6, 6.07) is 0. The molecule has 2 fully saturated rings. The third-order valence-corrected chi connectivity index (χ3v) is 7.90. The molecule has 2 rings (SSSR count). The standard InChI is InChI=1S/C21H34N2O4S2/c1-7-8-9-21(5,6)29-15-13-17(25)23(19(15)27)11-10-22-16(24)12-14(18(22)26)28-20(2,3)4/h14-15H,7-13H2,1-6H3. The van der Waals surface area contributed by atoms with E-state index in [1.54, 1.807) is 11.8 Å². The van der Waals surface area contributed by atoms with E-state index in [1.165, 1.54) is 21.6 Å². The van der Waals surface area contributed by atoms with E-state index in [4.69, 9.17) is 0 Å². The molecule has 29 heavy (non-hydrogen) atoms. The van der Waals surface area contributed by atoms with Crippen LogP contribution in [0.5, 0.6) is 0 Å². The van der Waals surface area contributed by atoms with E-state index in [1.807, 2.05) is 20.8 Å². The van der Waals surface area contributed by atoms with Crippen molar-refractivity contribution in [1.29, 1.82) is 0 Å². The molecule has 2 saturated heterocycles. The van der Waals surface area contributed by atoms with Gasteiger partial charge < -0.3 is 0 Å².